The van der Waals surface area contributed by atoms with Crippen molar-refractivity contribution < 1.29 is 4.42 Å². The fraction of sp³-hybridized carbons (Fsp3) is 0.333. The van der Waals surface area contributed by atoms with Crippen LogP contribution in [-0.4, -0.2) is 32.3 Å². The molecule has 2 heterocycles. The molecule has 0 bridgehead atoms. The van der Waals surface area contributed by atoms with Gasteiger partial charge in [0.2, 0.25) is 5.89 Å². The van der Waals surface area contributed by atoms with E-state index in [1.54, 1.807) is 6.26 Å². The molecule has 0 spiro atoms. The van der Waals surface area contributed by atoms with Crippen LogP contribution in [0.15, 0.2) is 46.0 Å². The third-order valence-electron chi connectivity index (χ3n) is 3.91. The van der Waals surface area contributed by atoms with Gasteiger partial charge in [-0.3, -0.25) is 0 Å². The molecule has 0 aliphatic heterocycles. The Kier molecular flexibility index (Phi) is 5.62. The number of guanidine groups is 1. The number of nitrogens with one attached hydrogen (secondary N) is 2. The first kappa shape index (κ1) is 17.7. The first-order valence-electron chi connectivity index (χ1n) is 8.54. The average Bonchev–Trinajstić information content (AvgIpc) is 3.26. The van der Waals surface area contributed by atoms with Gasteiger partial charge < -0.3 is 19.6 Å². The third-order valence-corrected chi connectivity index (χ3v) is 3.91. The molecule has 0 radical (unpaired) electrons. The Morgan fingerprint density at radius 2 is 2.00 bits per heavy atom. The van der Waals surface area contributed by atoms with Gasteiger partial charge in [0, 0.05) is 19.2 Å². The Bertz CT molecular complexity index is 867. The van der Waals surface area contributed by atoms with E-state index in [-0.39, 0.29) is 0 Å². The molecule has 0 aliphatic carbocycles. The molecule has 0 atom stereocenters. The summed E-state index contributed by atoms with van der Waals surface area (Å²) in [6, 6.07) is 9.81. The minimum Gasteiger partial charge on any atom is -0.444 e. The summed E-state index contributed by atoms with van der Waals surface area (Å²) in [5.74, 6) is 3.02. The molecular weight excluding hydrogens is 330 g/mol. The molecule has 0 fully saturated rings. The number of hydrogen-bond acceptors (Lipinski definition) is 5. The van der Waals surface area contributed by atoms with Crippen LogP contribution in [0.25, 0.3) is 11.5 Å². The van der Waals surface area contributed by atoms with Crippen molar-refractivity contribution in [3.8, 4) is 11.5 Å². The first-order chi connectivity index (χ1) is 12.7. The van der Waals surface area contributed by atoms with Crippen LogP contribution in [0.3, 0.4) is 0 Å². The Hall–Kier alpha value is -3.16. The Morgan fingerprint density at radius 3 is 2.69 bits per heavy atom. The minimum absolute atomic E-state index is 0.420. The number of aromatic nitrogens is 4. The van der Waals surface area contributed by atoms with E-state index < -0.39 is 0 Å². The van der Waals surface area contributed by atoms with Crippen molar-refractivity contribution in [2.45, 2.75) is 26.9 Å². The van der Waals surface area contributed by atoms with E-state index in [1.165, 1.54) is 0 Å². The van der Waals surface area contributed by atoms with Crippen molar-refractivity contribution in [2.75, 3.05) is 6.54 Å². The Morgan fingerprint density at radius 1 is 1.19 bits per heavy atom. The standard InChI is InChI=1S/C18H23N7O/c1-4-19-18(21-11-16-24-23-13(2)25(16)3)20-10-15-12-26-17(22-15)14-8-6-5-7-9-14/h5-9,12H,4,10-11H2,1-3H3,(H2,19,20,21). The van der Waals surface area contributed by atoms with Crippen molar-refractivity contribution in [3.05, 3.63) is 53.9 Å². The summed E-state index contributed by atoms with van der Waals surface area (Å²) < 4.78 is 7.49. The highest BCUT2D eigenvalue weighted by Crippen LogP contribution is 2.18. The summed E-state index contributed by atoms with van der Waals surface area (Å²) in [7, 11) is 1.94. The minimum atomic E-state index is 0.420. The molecule has 8 heteroatoms. The van der Waals surface area contributed by atoms with Gasteiger partial charge in [0.1, 0.15) is 17.8 Å². The lowest BCUT2D eigenvalue weighted by molar-refractivity contribution is 0.572. The zero-order valence-corrected chi connectivity index (χ0v) is 15.2. The molecular formula is C18H23N7O. The van der Waals surface area contributed by atoms with Gasteiger partial charge in [-0.2, -0.15) is 0 Å². The summed E-state index contributed by atoms with van der Waals surface area (Å²) in [4.78, 5) is 9.05. The molecule has 2 aromatic heterocycles. The van der Waals surface area contributed by atoms with E-state index in [0.29, 0.717) is 24.9 Å². The van der Waals surface area contributed by atoms with Crippen LogP contribution >= 0.6 is 0 Å². The predicted octanol–water partition coefficient (Wildman–Crippen LogP) is 2.03. The number of aliphatic imine (C=N–C) groups is 1. The number of benzene rings is 1. The summed E-state index contributed by atoms with van der Waals surface area (Å²) in [5, 5.41) is 14.7. The molecule has 2 N–H and O–H groups in total. The second-order valence-electron chi connectivity index (χ2n) is 5.78. The largest absolute Gasteiger partial charge is 0.444 e. The zero-order valence-electron chi connectivity index (χ0n) is 15.2. The van der Waals surface area contributed by atoms with Gasteiger partial charge in [-0.1, -0.05) is 18.2 Å². The van der Waals surface area contributed by atoms with Crippen LogP contribution in [0.5, 0.6) is 0 Å². The van der Waals surface area contributed by atoms with Crippen molar-refractivity contribution in [1.82, 2.24) is 30.4 Å². The van der Waals surface area contributed by atoms with E-state index in [2.05, 4.69) is 30.8 Å². The van der Waals surface area contributed by atoms with Crippen LogP contribution in [0.1, 0.15) is 24.3 Å². The molecule has 0 saturated carbocycles. The molecule has 0 amide bonds. The van der Waals surface area contributed by atoms with Crippen molar-refractivity contribution in [1.29, 1.82) is 0 Å². The van der Waals surface area contributed by atoms with Crippen LogP contribution in [0, 0.1) is 6.92 Å². The highest BCUT2D eigenvalue weighted by molar-refractivity contribution is 5.79. The second kappa shape index (κ2) is 8.28. The highest BCUT2D eigenvalue weighted by atomic mass is 16.3. The lowest BCUT2D eigenvalue weighted by Gasteiger charge is -2.10. The highest BCUT2D eigenvalue weighted by Gasteiger charge is 2.08. The third kappa shape index (κ3) is 4.27. The molecule has 3 aromatic rings. The molecule has 1 aromatic carbocycles. The second-order valence-corrected chi connectivity index (χ2v) is 5.78. The monoisotopic (exact) mass is 353 g/mol. The zero-order chi connectivity index (χ0) is 18.4. The summed E-state index contributed by atoms with van der Waals surface area (Å²) in [5.41, 5.74) is 1.72. The van der Waals surface area contributed by atoms with Crippen LogP contribution in [0.2, 0.25) is 0 Å². The maximum absolute atomic E-state index is 5.55. The predicted molar refractivity (Wildman–Crippen MR) is 99.3 cm³/mol. The maximum atomic E-state index is 5.55. The van der Waals surface area contributed by atoms with E-state index in [9.17, 15) is 0 Å². The van der Waals surface area contributed by atoms with Crippen LogP contribution in [0.4, 0.5) is 0 Å². The quantitative estimate of drug-likeness (QED) is 0.520. The molecule has 8 nitrogen and oxygen atoms in total. The molecule has 26 heavy (non-hydrogen) atoms. The normalized spacial score (nSPS) is 11.6. The van der Waals surface area contributed by atoms with Gasteiger partial charge >= 0.3 is 0 Å². The molecule has 0 aliphatic rings. The number of hydrogen-bond donors (Lipinski definition) is 2. The lowest BCUT2D eigenvalue weighted by atomic mass is 10.2. The van der Waals surface area contributed by atoms with Gasteiger partial charge in [0.25, 0.3) is 0 Å². The number of oxazole rings is 1. The van der Waals surface area contributed by atoms with Crippen molar-refractivity contribution in [2.24, 2.45) is 12.0 Å². The summed E-state index contributed by atoms with van der Waals surface area (Å²) in [6.07, 6.45) is 1.64. The molecule has 0 saturated heterocycles. The molecule has 0 unspecified atom stereocenters. The van der Waals surface area contributed by atoms with E-state index in [0.717, 1.165) is 29.5 Å². The topological polar surface area (TPSA) is 93.2 Å². The SMILES string of the molecule is CCNC(=NCc1coc(-c2ccccc2)n1)NCc1nnc(C)n1C. The van der Waals surface area contributed by atoms with Crippen molar-refractivity contribution >= 4 is 5.96 Å². The number of aryl methyl sites for hydroxylation is 1. The van der Waals surface area contributed by atoms with Crippen LogP contribution < -0.4 is 10.6 Å². The molecule has 3 rings (SSSR count). The van der Waals surface area contributed by atoms with Crippen molar-refractivity contribution in [3.63, 3.8) is 0 Å². The first-order valence-corrected chi connectivity index (χ1v) is 8.54. The van der Waals surface area contributed by atoms with Gasteiger partial charge in [0.15, 0.2) is 11.8 Å². The average molecular weight is 353 g/mol. The Labute approximate surface area is 152 Å². The van der Waals surface area contributed by atoms with E-state index in [4.69, 9.17) is 4.42 Å². The maximum Gasteiger partial charge on any atom is 0.226 e. The van der Waals surface area contributed by atoms with E-state index >= 15 is 0 Å². The van der Waals surface area contributed by atoms with Gasteiger partial charge in [-0.15, -0.1) is 10.2 Å². The lowest BCUT2D eigenvalue weighted by Crippen LogP contribution is -2.37. The fourth-order valence-electron chi connectivity index (χ4n) is 2.36. The summed E-state index contributed by atoms with van der Waals surface area (Å²) in [6.45, 7) is 5.66. The fourth-order valence-corrected chi connectivity index (χ4v) is 2.36. The smallest absolute Gasteiger partial charge is 0.226 e. The van der Waals surface area contributed by atoms with Gasteiger partial charge in [0.05, 0.1) is 13.1 Å². The van der Waals surface area contributed by atoms with Crippen LogP contribution in [-0.2, 0) is 20.1 Å². The number of nitrogens with zero attached hydrogens (tertiary/aromatic N) is 5. The Balaban J connectivity index is 1.64. The van der Waals surface area contributed by atoms with Gasteiger partial charge in [-0.25, -0.2) is 9.98 Å². The summed E-state index contributed by atoms with van der Waals surface area (Å²) >= 11 is 0. The molecule has 136 valence electrons. The van der Waals surface area contributed by atoms with Gasteiger partial charge in [-0.05, 0) is 26.0 Å². The van der Waals surface area contributed by atoms with E-state index in [1.807, 2.05) is 55.8 Å². The number of rotatable bonds is 6.